The maximum Gasteiger partial charge on any atom is 0.362 e. The molecule has 0 radical (unpaired) electrons. The van der Waals surface area contributed by atoms with Crippen LogP contribution in [0.15, 0.2) is 18.2 Å². The average molecular weight is 364 g/mol. The monoisotopic (exact) mass is 364 g/mol. The number of rotatable bonds is 10. The molecular formula is C14H26N2O5P2. The first-order valence-electron chi connectivity index (χ1n) is 7.59. The molecule has 1 aromatic rings. The standard InChI is InChI=1S/C14H26N2O5P2/c1-6-19-22(5,17)14(23(18,20-7-2)21-8-3)16-13-11-9-10-12(4)15-13/h9-11,14H,6-8H2,1-5H3,(H,15,16). The van der Waals surface area contributed by atoms with Gasteiger partial charge in [0.1, 0.15) is 5.82 Å². The molecule has 0 saturated carbocycles. The highest BCUT2D eigenvalue weighted by molar-refractivity contribution is 7.75. The highest BCUT2D eigenvalue weighted by atomic mass is 31.2. The Labute approximate surface area is 138 Å². The van der Waals surface area contributed by atoms with Crippen molar-refractivity contribution in [2.75, 3.05) is 31.8 Å². The molecule has 0 bridgehead atoms. The van der Waals surface area contributed by atoms with Gasteiger partial charge in [-0.25, -0.2) is 4.98 Å². The summed E-state index contributed by atoms with van der Waals surface area (Å²) in [7, 11) is -7.03. The van der Waals surface area contributed by atoms with E-state index in [0.29, 0.717) is 5.82 Å². The molecule has 1 aromatic heterocycles. The molecule has 1 N–H and O–H groups in total. The normalized spacial score (nSPS) is 15.9. The third kappa shape index (κ3) is 5.70. The molecule has 0 spiro atoms. The molecule has 0 amide bonds. The second kappa shape index (κ2) is 8.95. The molecule has 0 aliphatic carbocycles. The van der Waals surface area contributed by atoms with Crippen molar-refractivity contribution < 1.29 is 22.7 Å². The first-order chi connectivity index (χ1) is 10.8. The summed E-state index contributed by atoms with van der Waals surface area (Å²) in [5, 5.41) is 2.94. The Morgan fingerprint density at radius 3 is 2.13 bits per heavy atom. The summed E-state index contributed by atoms with van der Waals surface area (Å²) in [4.78, 5) is 4.30. The van der Waals surface area contributed by atoms with Gasteiger partial charge in [-0.15, -0.1) is 0 Å². The van der Waals surface area contributed by atoms with Crippen LogP contribution in [0.1, 0.15) is 26.5 Å². The second-order valence-corrected chi connectivity index (χ2v) is 10.00. The van der Waals surface area contributed by atoms with Gasteiger partial charge in [-0.05, 0) is 39.8 Å². The van der Waals surface area contributed by atoms with Crippen molar-refractivity contribution in [2.24, 2.45) is 0 Å². The average Bonchev–Trinajstić information content (AvgIpc) is 2.45. The molecule has 1 rings (SSSR count). The van der Waals surface area contributed by atoms with Crippen LogP contribution >= 0.6 is 15.0 Å². The Morgan fingerprint density at radius 2 is 1.65 bits per heavy atom. The van der Waals surface area contributed by atoms with E-state index in [0.717, 1.165) is 5.69 Å². The van der Waals surface area contributed by atoms with Gasteiger partial charge in [0.2, 0.25) is 12.9 Å². The summed E-state index contributed by atoms with van der Waals surface area (Å²) in [6, 6.07) is 5.34. The van der Waals surface area contributed by atoms with Gasteiger partial charge in [0.15, 0.2) is 0 Å². The van der Waals surface area contributed by atoms with Crippen LogP contribution in [-0.2, 0) is 22.7 Å². The first-order valence-corrected chi connectivity index (χ1v) is 11.3. The van der Waals surface area contributed by atoms with Crippen molar-refractivity contribution in [3.05, 3.63) is 23.9 Å². The largest absolute Gasteiger partial charge is 0.362 e. The fourth-order valence-corrected chi connectivity index (χ4v) is 7.12. The molecule has 9 heteroatoms. The van der Waals surface area contributed by atoms with Gasteiger partial charge in [-0.1, -0.05) is 6.07 Å². The van der Waals surface area contributed by atoms with Crippen molar-refractivity contribution >= 4 is 20.8 Å². The summed E-state index contributed by atoms with van der Waals surface area (Å²) in [5.41, 5.74) is -0.345. The Balaban J connectivity index is 3.25. The van der Waals surface area contributed by atoms with E-state index in [1.54, 1.807) is 32.9 Å². The van der Waals surface area contributed by atoms with Crippen molar-refractivity contribution in [2.45, 2.75) is 33.2 Å². The zero-order chi connectivity index (χ0) is 17.5. The van der Waals surface area contributed by atoms with Crippen molar-refractivity contribution in [1.29, 1.82) is 0 Å². The number of nitrogens with zero attached hydrogens (tertiary/aromatic N) is 1. The summed E-state index contributed by atoms with van der Waals surface area (Å²) in [6.45, 7) is 8.96. The molecule has 23 heavy (non-hydrogen) atoms. The molecule has 0 saturated heterocycles. The van der Waals surface area contributed by atoms with Crippen molar-refractivity contribution in [1.82, 2.24) is 4.98 Å². The minimum Gasteiger partial charge on any atom is -0.348 e. The van der Waals surface area contributed by atoms with Gasteiger partial charge < -0.3 is 18.9 Å². The lowest BCUT2D eigenvalue weighted by Crippen LogP contribution is -2.24. The lowest BCUT2D eigenvalue weighted by Gasteiger charge is -2.31. The van der Waals surface area contributed by atoms with E-state index in [-0.39, 0.29) is 19.8 Å². The van der Waals surface area contributed by atoms with Crippen molar-refractivity contribution in [3.63, 3.8) is 0 Å². The SMILES string of the molecule is CCOP(C)(=O)C(Nc1cccc(C)n1)P(=O)(OCC)OCC. The van der Waals surface area contributed by atoms with E-state index in [2.05, 4.69) is 10.3 Å². The van der Waals surface area contributed by atoms with Crippen molar-refractivity contribution in [3.8, 4) is 0 Å². The lowest BCUT2D eigenvalue weighted by molar-refractivity contribution is 0.217. The molecule has 0 aliphatic rings. The Hall–Kier alpha value is -0.710. The molecule has 2 atom stereocenters. The van der Waals surface area contributed by atoms with Gasteiger partial charge in [0.05, 0.1) is 19.8 Å². The lowest BCUT2D eigenvalue weighted by atomic mass is 10.4. The predicted molar refractivity (Wildman–Crippen MR) is 92.4 cm³/mol. The van der Waals surface area contributed by atoms with E-state index < -0.39 is 20.5 Å². The zero-order valence-electron chi connectivity index (χ0n) is 14.3. The van der Waals surface area contributed by atoms with Crippen LogP contribution in [-0.4, -0.2) is 37.0 Å². The Kier molecular flexibility index (Phi) is 7.91. The minimum absolute atomic E-state index is 0.169. The van der Waals surface area contributed by atoms with Crippen LogP contribution in [0.4, 0.5) is 5.82 Å². The Bertz CT molecular complexity index is 586. The number of aromatic nitrogens is 1. The fraction of sp³-hybridized carbons (Fsp3) is 0.643. The van der Waals surface area contributed by atoms with Crippen LogP contribution in [0.25, 0.3) is 0 Å². The van der Waals surface area contributed by atoms with E-state index in [1.165, 1.54) is 6.66 Å². The highest BCUT2D eigenvalue weighted by Gasteiger charge is 2.47. The van der Waals surface area contributed by atoms with Crippen LogP contribution < -0.4 is 5.32 Å². The number of nitrogens with one attached hydrogen (secondary N) is 1. The Morgan fingerprint density at radius 1 is 1.09 bits per heavy atom. The molecule has 0 fully saturated rings. The number of aryl methyl sites for hydroxylation is 1. The topological polar surface area (TPSA) is 86.8 Å². The summed E-state index contributed by atoms with van der Waals surface area (Å²) in [6.07, 6.45) is 0. The second-order valence-electron chi connectivity index (χ2n) is 4.88. The maximum atomic E-state index is 13.1. The quantitative estimate of drug-likeness (QED) is 0.620. The van der Waals surface area contributed by atoms with Crippen LogP contribution in [0.3, 0.4) is 0 Å². The highest BCUT2D eigenvalue weighted by Crippen LogP contribution is 2.67. The molecule has 1 heterocycles. The van der Waals surface area contributed by atoms with E-state index in [1.807, 2.05) is 13.0 Å². The first kappa shape index (κ1) is 20.3. The fourth-order valence-electron chi connectivity index (χ4n) is 2.07. The molecule has 0 aliphatic heterocycles. The summed E-state index contributed by atoms with van der Waals surface area (Å²) >= 11 is 0. The minimum atomic E-state index is -3.70. The van der Waals surface area contributed by atoms with Gasteiger partial charge in [0, 0.05) is 12.4 Å². The number of anilines is 1. The molecular weight excluding hydrogens is 338 g/mol. The van der Waals surface area contributed by atoms with Gasteiger partial charge >= 0.3 is 7.60 Å². The van der Waals surface area contributed by atoms with E-state index >= 15 is 0 Å². The van der Waals surface area contributed by atoms with Gasteiger partial charge in [-0.2, -0.15) is 0 Å². The zero-order valence-corrected chi connectivity index (χ0v) is 16.1. The number of pyridine rings is 1. The summed E-state index contributed by atoms with van der Waals surface area (Å²) < 4.78 is 42.2. The maximum absolute atomic E-state index is 13.1. The third-order valence-electron chi connectivity index (χ3n) is 2.91. The predicted octanol–water partition coefficient (Wildman–Crippen LogP) is 4.30. The van der Waals surface area contributed by atoms with Gasteiger partial charge in [0.25, 0.3) is 0 Å². The van der Waals surface area contributed by atoms with Crippen LogP contribution in [0.2, 0.25) is 0 Å². The van der Waals surface area contributed by atoms with Gasteiger partial charge in [-0.3, -0.25) is 9.13 Å². The van der Waals surface area contributed by atoms with Crippen LogP contribution in [0.5, 0.6) is 0 Å². The van der Waals surface area contributed by atoms with E-state index in [9.17, 15) is 9.13 Å². The molecule has 0 aromatic carbocycles. The molecule has 7 nitrogen and oxygen atoms in total. The smallest absolute Gasteiger partial charge is 0.348 e. The molecule has 132 valence electrons. The van der Waals surface area contributed by atoms with E-state index in [4.69, 9.17) is 13.6 Å². The summed E-state index contributed by atoms with van der Waals surface area (Å²) in [5.74, 6) is 0.441. The third-order valence-corrected chi connectivity index (χ3v) is 8.77. The number of hydrogen-bond donors (Lipinski definition) is 1. The number of hydrogen-bond acceptors (Lipinski definition) is 7. The molecule has 2 unspecified atom stereocenters. The van der Waals surface area contributed by atoms with Crippen LogP contribution in [0, 0.1) is 6.92 Å².